The number of methoxy groups -OCH3 is 1. The fraction of sp³-hybridized carbons (Fsp3) is 0.529. The Balaban J connectivity index is 1.82. The van der Waals surface area contributed by atoms with E-state index in [0.717, 1.165) is 37.4 Å². The molecule has 0 amide bonds. The number of hydrogen-bond acceptors (Lipinski definition) is 4. The molecule has 2 aromatic rings. The van der Waals surface area contributed by atoms with E-state index in [-0.39, 0.29) is 0 Å². The van der Waals surface area contributed by atoms with Gasteiger partial charge in [0.25, 0.3) is 0 Å². The second-order valence-electron chi connectivity index (χ2n) is 6.13. The van der Waals surface area contributed by atoms with Gasteiger partial charge in [-0.25, -0.2) is 0 Å². The zero-order valence-corrected chi connectivity index (χ0v) is 13.6. The number of ether oxygens (including phenoxy) is 1. The number of nitrogens with zero attached hydrogens (tertiary/aromatic N) is 4. The molecule has 0 spiro atoms. The highest BCUT2D eigenvalue weighted by atomic mass is 16.5. The van der Waals surface area contributed by atoms with Gasteiger partial charge < -0.3 is 4.74 Å². The van der Waals surface area contributed by atoms with Gasteiger partial charge in [-0.05, 0) is 32.4 Å². The molecule has 0 aliphatic carbocycles. The predicted molar refractivity (Wildman–Crippen MR) is 85.4 cm³/mol. The van der Waals surface area contributed by atoms with Gasteiger partial charge in [0.05, 0.1) is 23.7 Å². The van der Waals surface area contributed by atoms with Crippen molar-refractivity contribution in [2.24, 2.45) is 0 Å². The van der Waals surface area contributed by atoms with Crippen LogP contribution in [0.3, 0.4) is 0 Å². The van der Waals surface area contributed by atoms with Crippen LogP contribution in [0.2, 0.25) is 0 Å². The molecule has 3 heterocycles. The molecule has 0 atom stereocenters. The third kappa shape index (κ3) is 3.05. The van der Waals surface area contributed by atoms with Crippen LogP contribution in [0.1, 0.15) is 42.5 Å². The van der Waals surface area contributed by atoms with Crippen LogP contribution in [0.5, 0.6) is 0 Å². The van der Waals surface area contributed by atoms with Crippen molar-refractivity contribution >= 4 is 0 Å². The maximum Gasteiger partial charge on any atom is 0.0917 e. The van der Waals surface area contributed by atoms with E-state index in [2.05, 4.69) is 34.5 Å². The Morgan fingerprint density at radius 3 is 2.86 bits per heavy atom. The molecule has 0 radical (unpaired) electrons. The molecule has 22 heavy (non-hydrogen) atoms. The number of pyridine rings is 1. The Hall–Kier alpha value is -1.72. The Kier molecular flexibility index (Phi) is 4.55. The lowest BCUT2D eigenvalue weighted by molar-refractivity contribution is 0.179. The minimum absolute atomic E-state index is 0.370. The van der Waals surface area contributed by atoms with E-state index in [4.69, 9.17) is 9.84 Å². The molecule has 0 bridgehead atoms. The molecular weight excluding hydrogens is 276 g/mol. The molecule has 5 nitrogen and oxygen atoms in total. The van der Waals surface area contributed by atoms with E-state index in [1.807, 2.05) is 18.3 Å². The molecule has 3 rings (SSSR count). The second-order valence-corrected chi connectivity index (χ2v) is 6.13. The van der Waals surface area contributed by atoms with Crippen molar-refractivity contribution in [1.29, 1.82) is 0 Å². The van der Waals surface area contributed by atoms with Crippen molar-refractivity contribution in [2.45, 2.75) is 46.0 Å². The minimum Gasteiger partial charge on any atom is -0.378 e. The van der Waals surface area contributed by atoms with Crippen LogP contribution >= 0.6 is 0 Å². The lowest BCUT2D eigenvalue weighted by Crippen LogP contribution is -2.31. The first-order chi connectivity index (χ1) is 10.7. The first-order valence-electron chi connectivity index (χ1n) is 7.89. The molecule has 1 aliphatic rings. The maximum absolute atomic E-state index is 5.31. The van der Waals surface area contributed by atoms with Crippen LogP contribution in [-0.2, 0) is 30.9 Å². The molecule has 1 aliphatic heterocycles. The van der Waals surface area contributed by atoms with E-state index < -0.39 is 0 Å². The quantitative estimate of drug-likeness (QED) is 0.851. The zero-order chi connectivity index (χ0) is 15.5. The highest BCUT2D eigenvalue weighted by molar-refractivity contribution is 5.29. The van der Waals surface area contributed by atoms with Gasteiger partial charge in [-0.1, -0.05) is 6.07 Å². The minimum atomic E-state index is 0.370. The summed E-state index contributed by atoms with van der Waals surface area (Å²) >= 11 is 0. The van der Waals surface area contributed by atoms with Crippen molar-refractivity contribution in [3.8, 4) is 0 Å². The molecule has 2 aromatic heterocycles. The van der Waals surface area contributed by atoms with Gasteiger partial charge in [0.2, 0.25) is 0 Å². The van der Waals surface area contributed by atoms with E-state index in [1.165, 1.54) is 11.3 Å². The molecular formula is C17H24N4O. The number of aromatic nitrogens is 3. The van der Waals surface area contributed by atoms with Crippen molar-refractivity contribution in [3.63, 3.8) is 0 Å². The first-order valence-corrected chi connectivity index (χ1v) is 7.89. The number of fused-ring (bicyclic) bond motifs is 1. The van der Waals surface area contributed by atoms with Crippen LogP contribution in [0.25, 0.3) is 0 Å². The van der Waals surface area contributed by atoms with Gasteiger partial charge in [0.1, 0.15) is 0 Å². The first kappa shape index (κ1) is 15.2. The Labute approximate surface area is 131 Å². The van der Waals surface area contributed by atoms with E-state index >= 15 is 0 Å². The highest BCUT2D eigenvalue weighted by Crippen LogP contribution is 2.26. The summed E-state index contributed by atoms with van der Waals surface area (Å²) in [5, 5.41) is 4.77. The van der Waals surface area contributed by atoms with Gasteiger partial charge in [-0.3, -0.25) is 14.6 Å². The topological polar surface area (TPSA) is 43.2 Å². The summed E-state index contributed by atoms with van der Waals surface area (Å²) in [6, 6.07) is 6.47. The summed E-state index contributed by atoms with van der Waals surface area (Å²) in [5.41, 5.74) is 4.94. The maximum atomic E-state index is 5.31. The van der Waals surface area contributed by atoms with Gasteiger partial charge in [-0.15, -0.1) is 0 Å². The summed E-state index contributed by atoms with van der Waals surface area (Å²) in [7, 11) is 1.73. The van der Waals surface area contributed by atoms with Crippen molar-refractivity contribution in [3.05, 3.63) is 47.0 Å². The van der Waals surface area contributed by atoms with E-state index in [1.54, 1.807) is 7.11 Å². The zero-order valence-electron chi connectivity index (χ0n) is 13.6. The van der Waals surface area contributed by atoms with Crippen molar-refractivity contribution in [2.75, 3.05) is 13.7 Å². The average molecular weight is 300 g/mol. The smallest absolute Gasteiger partial charge is 0.0917 e. The molecule has 0 fully saturated rings. The van der Waals surface area contributed by atoms with Crippen LogP contribution in [0.15, 0.2) is 24.4 Å². The molecule has 0 unspecified atom stereocenters. The molecule has 5 heteroatoms. The van der Waals surface area contributed by atoms with E-state index in [0.29, 0.717) is 12.6 Å². The fourth-order valence-electron chi connectivity index (χ4n) is 3.11. The summed E-state index contributed by atoms with van der Waals surface area (Å²) < 4.78 is 7.47. The summed E-state index contributed by atoms with van der Waals surface area (Å²) in [6.45, 7) is 7.83. The Morgan fingerprint density at radius 1 is 1.32 bits per heavy atom. The van der Waals surface area contributed by atoms with Crippen molar-refractivity contribution < 1.29 is 4.74 Å². The molecule has 0 saturated heterocycles. The molecule has 0 N–H and O–H groups in total. The van der Waals surface area contributed by atoms with Crippen LogP contribution in [-0.4, -0.2) is 33.3 Å². The van der Waals surface area contributed by atoms with Crippen LogP contribution in [0, 0.1) is 0 Å². The summed E-state index contributed by atoms with van der Waals surface area (Å²) in [6.07, 6.45) is 2.90. The monoisotopic (exact) mass is 300 g/mol. The highest BCUT2D eigenvalue weighted by Gasteiger charge is 2.25. The SMILES string of the molecule is COCc1nn(C(C)C)c2c1CCN(Cc1ccccn1)C2. The molecule has 118 valence electrons. The normalized spacial score (nSPS) is 15.3. The van der Waals surface area contributed by atoms with E-state index in [9.17, 15) is 0 Å². The Bertz CT molecular complexity index is 621. The standard InChI is InChI=1S/C17H24N4O/c1-13(2)21-17-11-20(10-14-6-4-5-8-18-14)9-7-15(17)16(19-21)12-22-3/h4-6,8,13H,7,9-12H2,1-3H3. The molecule has 0 aromatic carbocycles. The lowest BCUT2D eigenvalue weighted by atomic mass is 10.0. The van der Waals surface area contributed by atoms with Crippen LogP contribution in [0.4, 0.5) is 0 Å². The van der Waals surface area contributed by atoms with Crippen LogP contribution < -0.4 is 0 Å². The Morgan fingerprint density at radius 2 is 2.18 bits per heavy atom. The van der Waals surface area contributed by atoms with Gasteiger partial charge >= 0.3 is 0 Å². The van der Waals surface area contributed by atoms with Gasteiger partial charge in [-0.2, -0.15) is 5.10 Å². The number of rotatable bonds is 5. The lowest BCUT2D eigenvalue weighted by Gasteiger charge is -2.28. The largest absolute Gasteiger partial charge is 0.378 e. The predicted octanol–water partition coefficient (Wildman–Crippen LogP) is 2.56. The van der Waals surface area contributed by atoms with Gasteiger partial charge in [0, 0.05) is 44.5 Å². The third-order valence-corrected chi connectivity index (χ3v) is 4.14. The average Bonchev–Trinajstić information content (AvgIpc) is 2.87. The number of hydrogen-bond donors (Lipinski definition) is 0. The fourth-order valence-corrected chi connectivity index (χ4v) is 3.11. The van der Waals surface area contributed by atoms with Gasteiger partial charge in [0.15, 0.2) is 0 Å². The summed E-state index contributed by atoms with van der Waals surface area (Å²) in [4.78, 5) is 6.88. The summed E-state index contributed by atoms with van der Waals surface area (Å²) in [5.74, 6) is 0. The van der Waals surface area contributed by atoms with Crippen molar-refractivity contribution in [1.82, 2.24) is 19.7 Å². The second kappa shape index (κ2) is 6.58. The molecule has 0 saturated carbocycles. The third-order valence-electron chi connectivity index (χ3n) is 4.14.